The first-order valence-electron chi connectivity index (χ1n) is 6.56. The molecule has 1 aromatic carbocycles. The molecule has 0 unspecified atom stereocenters. The Bertz CT molecular complexity index is 536. The molecule has 1 aliphatic rings. The van der Waals surface area contributed by atoms with Gasteiger partial charge in [-0.3, -0.25) is 15.1 Å². The molecule has 1 aliphatic carbocycles. The molecule has 0 radical (unpaired) electrons. The van der Waals surface area contributed by atoms with Gasteiger partial charge in [0, 0.05) is 35.6 Å². The summed E-state index contributed by atoms with van der Waals surface area (Å²) in [6.45, 7) is 1.58. The van der Waals surface area contributed by atoms with Crippen molar-refractivity contribution in [1.82, 2.24) is 10.3 Å². The topological polar surface area (TPSA) is 82.2 Å². The largest absolute Gasteiger partial charge is 0.295 e. The Morgan fingerprint density at radius 1 is 1.55 bits per heavy atom. The van der Waals surface area contributed by atoms with Crippen LogP contribution in [0, 0.1) is 11.3 Å². The van der Waals surface area contributed by atoms with Gasteiger partial charge in [0.15, 0.2) is 0 Å². The second-order valence-corrected chi connectivity index (χ2v) is 5.74. The number of rotatable bonds is 6. The van der Waals surface area contributed by atoms with Gasteiger partial charge in [-0.2, -0.15) is 5.26 Å². The van der Waals surface area contributed by atoms with E-state index in [1.165, 1.54) is 12.8 Å². The molecular formula is C14H17BrN4O. The maximum absolute atomic E-state index is 11.5. The fraction of sp³-hybridized carbons (Fsp3) is 0.429. The molecule has 3 N–H and O–H groups in total. The van der Waals surface area contributed by atoms with E-state index in [9.17, 15) is 4.79 Å². The number of hydrogen-bond donors (Lipinski definition) is 2. The molecule has 0 aromatic heterocycles. The number of carbonyl (C=O) groups is 1. The van der Waals surface area contributed by atoms with Crippen molar-refractivity contribution in [2.24, 2.45) is 5.84 Å². The molecule has 20 heavy (non-hydrogen) atoms. The molecule has 2 rings (SSSR count). The predicted octanol–water partition coefficient (Wildman–Crippen LogP) is 1.93. The number of hydrogen-bond acceptors (Lipinski definition) is 4. The normalized spacial score (nSPS) is 14.1. The van der Waals surface area contributed by atoms with Crippen LogP contribution >= 0.6 is 15.9 Å². The van der Waals surface area contributed by atoms with E-state index in [-0.39, 0.29) is 5.91 Å². The minimum Gasteiger partial charge on any atom is -0.295 e. The van der Waals surface area contributed by atoms with Crippen LogP contribution in [0.4, 0.5) is 0 Å². The van der Waals surface area contributed by atoms with Gasteiger partial charge in [-0.15, -0.1) is 0 Å². The maximum atomic E-state index is 11.5. The third-order valence-corrected chi connectivity index (χ3v) is 4.13. The number of nitrogens with zero attached hydrogens (tertiary/aromatic N) is 2. The first-order valence-corrected chi connectivity index (χ1v) is 7.35. The molecule has 0 saturated heterocycles. The summed E-state index contributed by atoms with van der Waals surface area (Å²) in [5.41, 5.74) is 3.76. The van der Waals surface area contributed by atoms with Crippen LogP contribution in [0.15, 0.2) is 22.7 Å². The second-order valence-electron chi connectivity index (χ2n) is 4.89. The molecule has 0 bridgehead atoms. The van der Waals surface area contributed by atoms with E-state index in [4.69, 9.17) is 11.1 Å². The van der Waals surface area contributed by atoms with Crippen molar-refractivity contribution in [2.75, 3.05) is 6.54 Å². The summed E-state index contributed by atoms with van der Waals surface area (Å²) in [6.07, 6.45) is 2.95. The second kappa shape index (κ2) is 6.84. The minimum absolute atomic E-state index is 0.305. The van der Waals surface area contributed by atoms with Gasteiger partial charge in [0.05, 0.1) is 6.07 Å². The van der Waals surface area contributed by atoms with E-state index in [1.54, 1.807) is 12.1 Å². The number of carbonyl (C=O) groups excluding carboxylic acids is 1. The van der Waals surface area contributed by atoms with Gasteiger partial charge in [-0.25, -0.2) is 5.84 Å². The zero-order valence-corrected chi connectivity index (χ0v) is 12.7. The van der Waals surface area contributed by atoms with Gasteiger partial charge in [0.2, 0.25) is 0 Å². The number of nitrogens with two attached hydrogens (primary N) is 1. The summed E-state index contributed by atoms with van der Waals surface area (Å²) in [4.78, 5) is 13.8. The number of nitrogens with one attached hydrogen (secondary N) is 1. The Balaban J connectivity index is 2.08. The number of halogens is 1. The quantitative estimate of drug-likeness (QED) is 0.472. The Morgan fingerprint density at radius 3 is 2.85 bits per heavy atom. The standard InChI is InChI=1S/C14H17BrN4O/c15-13-8-10(14(20)18-17)2-3-11(13)9-19(7-1-6-16)12-4-5-12/h2-3,8,12H,1,4-5,7,9,17H2,(H,18,20). The van der Waals surface area contributed by atoms with Crippen molar-refractivity contribution >= 4 is 21.8 Å². The summed E-state index contributed by atoms with van der Waals surface area (Å²) >= 11 is 3.50. The lowest BCUT2D eigenvalue weighted by Crippen LogP contribution is -2.30. The number of nitrogen functional groups attached to an aromatic ring is 1. The molecule has 1 amide bonds. The van der Waals surface area contributed by atoms with Gasteiger partial charge in [0.25, 0.3) is 5.91 Å². The minimum atomic E-state index is -0.305. The highest BCUT2D eigenvalue weighted by molar-refractivity contribution is 9.10. The van der Waals surface area contributed by atoms with Crippen molar-refractivity contribution in [3.63, 3.8) is 0 Å². The molecule has 1 saturated carbocycles. The van der Waals surface area contributed by atoms with Crippen molar-refractivity contribution in [3.8, 4) is 6.07 Å². The van der Waals surface area contributed by atoms with Crippen molar-refractivity contribution < 1.29 is 4.79 Å². The first-order chi connectivity index (χ1) is 9.65. The van der Waals surface area contributed by atoms with Crippen LogP contribution in [-0.4, -0.2) is 23.4 Å². The Labute approximate surface area is 126 Å². The highest BCUT2D eigenvalue weighted by Crippen LogP contribution is 2.30. The van der Waals surface area contributed by atoms with Crippen LogP contribution in [0.5, 0.6) is 0 Å². The summed E-state index contributed by atoms with van der Waals surface area (Å²) < 4.78 is 0.890. The number of nitriles is 1. The van der Waals surface area contributed by atoms with Crippen LogP contribution in [0.25, 0.3) is 0 Å². The van der Waals surface area contributed by atoms with E-state index >= 15 is 0 Å². The molecule has 0 atom stereocenters. The van der Waals surface area contributed by atoms with Crippen molar-refractivity contribution in [3.05, 3.63) is 33.8 Å². The highest BCUT2D eigenvalue weighted by Gasteiger charge is 2.28. The van der Waals surface area contributed by atoms with Crippen molar-refractivity contribution in [2.45, 2.75) is 31.8 Å². The SMILES string of the molecule is N#CCCN(Cc1ccc(C(=O)NN)cc1Br)C1CC1. The lowest BCUT2D eigenvalue weighted by Gasteiger charge is -2.21. The summed E-state index contributed by atoms with van der Waals surface area (Å²) in [6, 6.07) is 8.25. The molecule has 5 nitrogen and oxygen atoms in total. The lowest BCUT2D eigenvalue weighted by molar-refractivity contribution is 0.0953. The van der Waals surface area contributed by atoms with Gasteiger partial charge < -0.3 is 0 Å². The number of amides is 1. The van der Waals surface area contributed by atoms with Crippen molar-refractivity contribution in [1.29, 1.82) is 5.26 Å². The molecular weight excluding hydrogens is 320 g/mol. The maximum Gasteiger partial charge on any atom is 0.265 e. The van der Waals surface area contributed by atoms with E-state index in [2.05, 4.69) is 32.3 Å². The summed E-state index contributed by atoms with van der Waals surface area (Å²) in [5.74, 6) is 4.82. The molecule has 0 spiro atoms. The Morgan fingerprint density at radius 2 is 2.30 bits per heavy atom. The average molecular weight is 337 g/mol. The lowest BCUT2D eigenvalue weighted by atomic mass is 10.1. The molecule has 6 heteroatoms. The molecule has 1 fully saturated rings. The number of hydrazine groups is 1. The third kappa shape index (κ3) is 3.79. The van der Waals surface area contributed by atoms with Crippen LogP contribution in [0.2, 0.25) is 0 Å². The third-order valence-electron chi connectivity index (χ3n) is 3.39. The van der Waals surface area contributed by atoms with Gasteiger partial charge in [-0.1, -0.05) is 22.0 Å². The smallest absolute Gasteiger partial charge is 0.265 e. The van der Waals surface area contributed by atoms with Crippen LogP contribution < -0.4 is 11.3 Å². The highest BCUT2D eigenvalue weighted by atomic mass is 79.9. The zero-order chi connectivity index (χ0) is 14.5. The fourth-order valence-electron chi connectivity index (χ4n) is 2.14. The van der Waals surface area contributed by atoms with Gasteiger partial charge >= 0.3 is 0 Å². The summed E-state index contributed by atoms with van der Waals surface area (Å²) in [5, 5.41) is 8.72. The van der Waals surface area contributed by atoms with Crippen LogP contribution in [-0.2, 0) is 6.54 Å². The van der Waals surface area contributed by atoms with E-state index in [0.717, 1.165) is 23.1 Å². The van der Waals surface area contributed by atoms with E-state index < -0.39 is 0 Å². The predicted molar refractivity (Wildman–Crippen MR) is 79.5 cm³/mol. The van der Waals surface area contributed by atoms with Crippen LogP contribution in [0.1, 0.15) is 35.2 Å². The van der Waals surface area contributed by atoms with Gasteiger partial charge in [-0.05, 0) is 30.5 Å². The van der Waals surface area contributed by atoms with E-state index in [1.807, 2.05) is 6.07 Å². The molecule has 1 aromatic rings. The van der Waals surface area contributed by atoms with Gasteiger partial charge in [0.1, 0.15) is 0 Å². The fourth-order valence-corrected chi connectivity index (χ4v) is 2.65. The first kappa shape index (κ1) is 15.0. The Kier molecular flexibility index (Phi) is 5.12. The molecule has 106 valence electrons. The van der Waals surface area contributed by atoms with E-state index in [0.29, 0.717) is 18.0 Å². The average Bonchev–Trinajstić information content (AvgIpc) is 3.28. The summed E-state index contributed by atoms with van der Waals surface area (Å²) in [7, 11) is 0. The number of benzene rings is 1. The Hall–Kier alpha value is -1.42. The zero-order valence-electron chi connectivity index (χ0n) is 11.1. The monoisotopic (exact) mass is 336 g/mol. The van der Waals surface area contributed by atoms with Crippen LogP contribution in [0.3, 0.4) is 0 Å². The molecule has 0 aliphatic heterocycles. The molecule has 0 heterocycles.